The number of fused-ring (bicyclic) bond motifs is 3. The lowest BCUT2D eigenvalue weighted by atomic mass is 9.89. The van der Waals surface area contributed by atoms with Gasteiger partial charge in [-0.15, -0.1) is 11.3 Å². The number of aliphatic carboxylic acids is 1. The third-order valence-electron chi connectivity index (χ3n) is 5.42. The second kappa shape index (κ2) is 6.60. The van der Waals surface area contributed by atoms with Crippen molar-refractivity contribution in [3.63, 3.8) is 0 Å². The summed E-state index contributed by atoms with van der Waals surface area (Å²) in [6, 6.07) is 6.70. The van der Waals surface area contributed by atoms with Crippen molar-refractivity contribution in [3.05, 3.63) is 50.6 Å². The van der Waals surface area contributed by atoms with Crippen LogP contribution in [0.2, 0.25) is 0 Å². The maximum Gasteiger partial charge on any atom is 0.326 e. The number of carbonyl (C=O) groups is 1. The number of hydrogen-bond donors (Lipinski definition) is 1. The van der Waals surface area contributed by atoms with E-state index < -0.39 is 12.0 Å². The highest BCUT2D eigenvalue weighted by Gasteiger charge is 2.27. The zero-order valence-corrected chi connectivity index (χ0v) is 16.5. The number of hydrogen-bond acceptors (Lipinski definition) is 4. The lowest BCUT2D eigenvalue weighted by Crippen LogP contribution is -2.30. The van der Waals surface area contributed by atoms with Crippen molar-refractivity contribution in [2.24, 2.45) is 5.92 Å². The van der Waals surface area contributed by atoms with E-state index in [0.29, 0.717) is 17.1 Å². The average Bonchev–Trinajstić information content (AvgIpc) is 2.99. The molecular formula is C21H22N2O3S. The first-order chi connectivity index (χ1) is 12.9. The van der Waals surface area contributed by atoms with E-state index in [0.717, 1.165) is 40.8 Å². The molecule has 1 aromatic carbocycles. The molecule has 0 radical (unpaired) electrons. The molecule has 0 bridgehead atoms. The molecule has 2 atom stereocenters. The molecular weight excluding hydrogens is 360 g/mol. The molecule has 2 heterocycles. The first-order valence-corrected chi connectivity index (χ1v) is 10.0. The van der Waals surface area contributed by atoms with E-state index in [2.05, 4.69) is 6.92 Å². The standard InChI is InChI=1S/C21H22N2O3S/c1-11-4-7-14(8-5-11)18-22-19-17(20(24)23(18)13(3)21(25)26)15-9-6-12(2)10-16(15)27-19/h4-5,7-8,12-13H,6,9-10H2,1-3H3,(H,25,26). The van der Waals surface area contributed by atoms with E-state index in [1.54, 1.807) is 11.3 Å². The van der Waals surface area contributed by atoms with Crippen LogP contribution in [0.1, 0.15) is 42.3 Å². The van der Waals surface area contributed by atoms with Crippen molar-refractivity contribution in [1.82, 2.24) is 9.55 Å². The summed E-state index contributed by atoms with van der Waals surface area (Å²) in [5.41, 5.74) is 2.69. The normalized spacial score (nSPS) is 17.7. The molecule has 1 aliphatic rings. The van der Waals surface area contributed by atoms with Gasteiger partial charge in [0.25, 0.3) is 5.56 Å². The number of aryl methyl sites for hydroxylation is 2. The van der Waals surface area contributed by atoms with Gasteiger partial charge in [0.1, 0.15) is 16.7 Å². The van der Waals surface area contributed by atoms with Gasteiger partial charge in [0, 0.05) is 10.4 Å². The Labute approximate surface area is 161 Å². The van der Waals surface area contributed by atoms with E-state index in [9.17, 15) is 14.7 Å². The van der Waals surface area contributed by atoms with Gasteiger partial charge in [-0.3, -0.25) is 9.36 Å². The Kier molecular flexibility index (Phi) is 4.38. The number of benzene rings is 1. The highest BCUT2D eigenvalue weighted by molar-refractivity contribution is 7.18. The van der Waals surface area contributed by atoms with Crippen LogP contribution in [0.15, 0.2) is 29.1 Å². The molecule has 0 amide bonds. The second-order valence-corrected chi connectivity index (χ2v) is 8.61. The van der Waals surface area contributed by atoms with Crippen molar-refractivity contribution in [2.45, 2.75) is 46.1 Å². The number of aromatic nitrogens is 2. The van der Waals surface area contributed by atoms with Crippen molar-refractivity contribution in [3.8, 4) is 11.4 Å². The summed E-state index contributed by atoms with van der Waals surface area (Å²) < 4.78 is 1.35. The Morgan fingerprint density at radius 3 is 2.70 bits per heavy atom. The molecule has 0 saturated heterocycles. The van der Waals surface area contributed by atoms with Gasteiger partial charge < -0.3 is 5.11 Å². The summed E-state index contributed by atoms with van der Waals surface area (Å²) >= 11 is 1.59. The topological polar surface area (TPSA) is 72.2 Å². The summed E-state index contributed by atoms with van der Waals surface area (Å²) in [4.78, 5) is 31.9. The van der Waals surface area contributed by atoms with Crippen LogP contribution in [0.4, 0.5) is 0 Å². The molecule has 4 rings (SSSR count). The summed E-state index contributed by atoms with van der Waals surface area (Å²) in [6.45, 7) is 5.75. The van der Waals surface area contributed by atoms with Crippen LogP contribution in [0.5, 0.6) is 0 Å². The van der Waals surface area contributed by atoms with E-state index in [1.165, 1.54) is 16.4 Å². The zero-order valence-electron chi connectivity index (χ0n) is 15.7. The van der Waals surface area contributed by atoms with Gasteiger partial charge in [-0.05, 0) is 44.6 Å². The largest absolute Gasteiger partial charge is 0.480 e. The first-order valence-electron chi connectivity index (χ1n) is 9.23. The summed E-state index contributed by atoms with van der Waals surface area (Å²) in [5, 5.41) is 10.2. The van der Waals surface area contributed by atoms with E-state index in [1.807, 2.05) is 31.2 Å². The van der Waals surface area contributed by atoms with E-state index in [-0.39, 0.29) is 5.56 Å². The highest BCUT2D eigenvalue weighted by atomic mass is 32.1. The van der Waals surface area contributed by atoms with Gasteiger partial charge in [-0.25, -0.2) is 9.78 Å². The molecule has 140 valence electrons. The van der Waals surface area contributed by atoms with Gasteiger partial charge in [-0.1, -0.05) is 36.8 Å². The molecule has 0 aliphatic heterocycles. The molecule has 5 nitrogen and oxygen atoms in total. The summed E-state index contributed by atoms with van der Waals surface area (Å²) in [5.74, 6) is -0.0133. The van der Waals surface area contributed by atoms with Crippen LogP contribution >= 0.6 is 11.3 Å². The zero-order chi connectivity index (χ0) is 19.3. The number of rotatable bonds is 3. The number of thiophene rings is 1. The van der Waals surface area contributed by atoms with Gasteiger partial charge in [0.05, 0.1) is 5.39 Å². The van der Waals surface area contributed by atoms with Crippen LogP contribution in [0, 0.1) is 12.8 Å². The van der Waals surface area contributed by atoms with E-state index in [4.69, 9.17) is 4.98 Å². The molecule has 27 heavy (non-hydrogen) atoms. The van der Waals surface area contributed by atoms with Crippen LogP contribution in [-0.4, -0.2) is 20.6 Å². The second-order valence-electron chi connectivity index (χ2n) is 7.52. The fraction of sp³-hybridized carbons (Fsp3) is 0.381. The third kappa shape index (κ3) is 2.98. The van der Waals surface area contributed by atoms with Crippen molar-refractivity contribution in [1.29, 1.82) is 0 Å². The smallest absolute Gasteiger partial charge is 0.326 e. The van der Waals surface area contributed by atoms with Gasteiger partial charge >= 0.3 is 5.97 Å². The van der Waals surface area contributed by atoms with Gasteiger partial charge in [0.15, 0.2) is 0 Å². The minimum Gasteiger partial charge on any atom is -0.480 e. The molecule has 0 fully saturated rings. The first kappa shape index (κ1) is 17.9. The minimum absolute atomic E-state index is 0.238. The maximum atomic E-state index is 13.4. The summed E-state index contributed by atoms with van der Waals surface area (Å²) in [6.07, 6.45) is 2.87. The molecule has 0 saturated carbocycles. The van der Waals surface area contributed by atoms with Crippen LogP contribution in [0.25, 0.3) is 21.6 Å². The molecule has 2 aromatic heterocycles. The Bertz CT molecular complexity index is 1100. The third-order valence-corrected chi connectivity index (χ3v) is 6.56. The number of carboxylic acid groups (broad SMARTS) is 1. The van der Waals surface area contributed by atoms with Crippen LogP contribution in [-0.2, 0) is 17.6 Å². The molecule has 3 aromatic rings. The fourth-order valence-corrected chi connectivity index (χ4v) is 5.15. The molecule has 1 N–H and O–H groups in total. The van der Waals surface area contributed by atoms with Crippen molar-refractivity contribution < 1.29 is 9.90 Å². The van der Waals surface area contributed by atoms with Gasteiger partial charge in [-0.2, -0.15) is 0 Å². The SMILES string of the molecule is Cc1ccc(-c2nc3sc4c(c3c(=O)n2C(C)C(=O)O)CCC(C)C4)cc1. The maximum absolute atomic E-state index is 13.4. The average molecular weight is 382 g/mol. The van der Waals surface area contributed by atoms with Crippen LogP contribution in [0.3, 0.4) is 0 Å². The minimum atomic E-state index is -1.04. The molecule has 2 unspecified atom stereocenters. The number of nitrogens with zero attached hydrogens (tertiary/aromatic N) is 2. The summed E-state index contributed by atoms with van der Waals surface area (Å²) in [7, 11) is 0. The van der Waals surface area contributed by atoms with Crippen LogP contribution < -0.4 is 5.56 Å². The Morgan fingerprint density at radius 1 is 1.33 bits per heavy atom. The Morgan fingerprint density at radius 2 is 2.04 bits per heavy atom. The quantitative estimate of drug-likeness (QED) is 0.737. The van der Waals surface area contributed by atoms with Crippen molar-refractivity contribution >= 4 is 27.5 Å². The number of carboxylic acids is 1. The van der Waals surface area contributed by atoms with Crippen molar-refractivity contribution in [2.75, 3.05) is 0 Å². The lowest BCUT2D eigenvalue weighted by Gasteiger charge is -2.19. The fourth-order valence-electron chi connectivity index (χ4n) is 3.78. The van der Waals surface area contributed by atoms with E-state index >= 15 is 0 Å². The lowest BCUT2D eigenvalue weighted by molar-refractivity contribution is -0.140. The molecule has 1 aliphatic carbocycles. The highest BCUT2D eigenvalue weighted by Crippen LogP contribution is 2.37. The predicted octanol–water partition coefficient (Wildman–Crippen LogP) is 4.20. The Balaban J connectivity index is 2.04. The van der Waals surface area contributed by atoms with Gasteiger partial charge in [0.2, 0.25) is 0 Å². The predicted molar refractivity (Wildman–Crippen MR) is 108 cm³/mol. The Hall–Kier alpha value is -2.47. The molecule has 6 heteroatoms. The molecule has 0 spiro atoms. The monoisotopic (exact) mass is 382 g/mol.